The highest BCUT2D eigenvalue weighted by Gasteiger charge is 2.23. The van der Waals surface area contributed by atoms with Crippen molar-refractivity contribution in [2.24, 2.45) is 5.84 Å². The number of hydrogen-bond acceptors (Lipinski definition) is 8. The number of rotatable bonds is 5. The lowest BCUT2D eigenvalue weighted by atomic mass is 10.3. The van der Waals surface area contributed by atoms with E-state index in [1.54, 1.807) is 0 Å². The van der Waals surface area contributed by atoms with Gasteiger partial charge in [0, 0.05) is 24.5 Å². The minimum Gasteiger partial charge on any atom is -0.323 e. The first-order valence-electron chi connectivity index (χ1n) is 5.49. The molecule has 1 heterocycles. The van der Waals surface area contributed by atoms with Crippen LogP contribution >= 0.6 is 0 Å². The van der Waals surface area contributed by atoms with Gasteiger partial charge in [-0.05, 0) is 12.1 Å². The summed E-state index contributed by atoms with van der Waals surface area (Å²) >= 11 is 0. The third kappa shape index (κ3) is 3.21. The van der Waals surface area contributed by atoms with E-state index >= 15 is 0 Å². The van der Waals surface area contributed by atoms with Crippen LogP contribution in [0.2, 0.25) is 0 Å². The predicted octanol–water partition coefficient (Wildman–Crippen LogP) is 0.471. The fourth-order valence-electron chi connectivity index (χ4n) is 1.49. The smallest absolute Gasteiger partial charge is 0.270 e. The minimum absolute atomic E-state index is 0.00373. The predicted molar refractivity (Wildman–Crippen MR) is 73.7 cm³/mol. The number of sulfonamides is 1. The maximum absolute atomic E-state index is 12.2. The molecule has 0 radical (unpaired) electrons. The number of nitrogens with two attached hydrogens (primary N) is 1. The van der Waals surface area contributed by atoms with Crippen molar-refractivity contribution in [3.05, 3.63) is 46.8 Å². The molecule has 1 aromatic heterocycles. The van der Waals surface area contributed by atoms with Gasteiger partial charge in [-0.3, -0.25) is 16.0 Å². The molecular formula is C10H10N6O4S. The molecular weight excluding hydrogens is 300 g/mol. The van der Waals surface area contributed by atoms with Crippen LogP contribution in [-0.4, -0.2) is 23.3 Å². The second-order valence-electron chi connectivity index (χ2n) is 3.76. The van der Waals surface area contributed by atoms with Gasteiger partial charge in [-0.2, -0.15) is 0 Å². The Hall–Kier alpha value is -2.79. The third-order valence-electron chi connectivity index (χ3n) is 2.41. The number of nitrogens with zero attached hydrogens (tertiary/aromatic N) is 3. The minimum atomic E-state index is -4.13. The molecule has 0 aliphatic carbocycles. The molecule has 2 aromatic rings. The van der Waals surface area contributed by atoms with E-state index in [9.17, 15) is 18.5 Å². The lowest BCUT2D eigenvalue weighted by Gasteiger charge is -2.10. The SMILES string of the molecule is NNc1ccc([N+](=O)[O-])cc1S(=O)(=O)Nc1ncccn1. The summed E-state index contributed by atoms with van der Waals surface area (Å²) in [6, 6.07) is 4.73. The van der Waals surface area contributed by atoms with E-state index in [0.717, 1.165) is 12.1 Å². The molecule has 0 atom stereocenters. The number of hydrogen-bond donors (Lipinski definition) is 3. The van der Waals surface area contributed by atoms with Crippen LogP contribution in [0.4, 0.5) is 17.3 Å². The number of anilines is 2. The zero-order valence-electron chi connectivity index (χ0n) is 10.4. The van der Waals surface area contributed by atoms with Gasteiger partial charge < -0.3 is 5.43 Å². The first-order valence-corrected chi connectivity index (χ1v) is 6.97. The molecule has 0 spiro atoms. The summed E-state index contributed by atoms with van der Waals surface area (Å²) in [6.07, 6.45) is 2.70. The molecule has 21 heavy (non-hydrogen) atoms. The summed E-state index contributed by atoms with van der Waals surface area (Å²) in [4.78, 5) is 17.1. The Morgan fingerprint density at radius 2 is 1.90 bits per heavy atom. The fraction of sp³-hybridized carbons (Fsp3) is 0. The number of hydrazine groups is 1. The second-order valence-corrected chi connectivity index (χ2v) is 5.41. The van der Waals surface area contributed by atoms with Crippen LogP contribution in [0.15, 0.2) is 41.6 Å². The number of benzene rings is 1. The van der Waals surface area contributed by atoms with E-state index in [-0.39, 0.29) is 22.2 Å². The molecule has 10 nitrogen and oxygen atoms in total. The molecule has 0 saturated carbocycles. The van der Waals surface area contributed by atoms with Crippen molar-refractivity contribution in [1.29, 1.82) is 0 Å². The van der Waals surface area contributed by atoms with Crippen LogP contribution in [0.25, 0.3) is 0 Å². The number of nitrogen functional groups attached to an aromatic ring is 1. The molecule has 0 unspecified atom stereocenters. The Kier molecular flexibility index (Phi) is 3.95. The second kappa shape index (κ2) is 5.68. The molecule has 11 heteroatoms. The third-order valence-corrected chi connectivity index (χ3v) is 3.78. The molecule has 0 amide bonds. The van der Waals surface area contributed by atoms with E-state index in [0.29, 0.717) is 0 Å². The highest BCUT2D eigenvalue weighted by Crippen LogP contribution is 2.26. The largest absolute Gasteiger partial charge is 0.323 e. The quantitative estimate of drug-likeness (QED) is 0.409. The van der Waals surface area contributed by atoms with Crippen molar-refractivity contribution < 1.29 is 13.3 Å². The van der Waals surface area contributed by atoms with E-state index < -0.39 is 14.9 Å². The van der Waals surface area contributed by atoms with Gasteiger partial charge in [-0.25, -0.2) is 23.1 Å². The van der Waals surface area contributed by atoms with Crippen LogP contribution in [0.1, 0.15) is 0 Å². The van der Waals surface area contributed by atoms with Crippen molar-refractivity contribution in [3.8, 4) is 0 Å². The van der Waals surface area contributed by atoms with Gasteiger partial charge in [-0.1, -0.05) is 0 Å². The van der Waals surface area contributed by atoms with Gasteiger partial charge in [0.05, 0.1) is 10.6 Å². The summed E-state index contributed by atoms with van der Waals surface area (Å²) in [5, 5.41) is 10.8. The summed E-state index contributed by atoms with van der Waals surface area (Å²) in [7, 11) is -4.13. The normalized spacial score (nSPS) is 10.9. The molecule has 110 valence electrons. The summed E-state index contributed by atoms with van der Waals surface area (Å²) < 4.78 is 26.6. The van der Waals surface area contributed by atoms with Crippen molar-refractivity contribution in [2.45, 2.75) is 4.90 Å². The molecule has 0 aliphatic heterocycles. The number of aromatic nitrogens is 2. The Morgan fingerprint density at radius 3 is 2.48 bits per heavy atom. The zero-order chi connectivity index (χ0) is 15.5. The van der Waals surface area contributed by atoms with Crippen LogP contribution in [0.3, 0.4) is 0 Å². The van der Waals surface area contributed by atoms with Gasteiger partial charge in [0.25, 0.3) is 15.7 Å². The van der Waals surface area contributed by atoms with Crippen LogP contribution < -0.4 is 16.0 Å². The lowest BCUT2D eigenvalue weighted by Crippen LogP contribution is -2.19. The zero-order valence-corrected chi connectivity index (χ0v) is 11.2. The molecule has 1 aromatic carbocycles. The van der Waals surface area contributed by atoms with E-state index in [2.05, 4.69) is 20.1 Å². The average molecular weight is 310 g/mol. The monoisotopic (exact) mass is 310 g/mol. The highest BCUT2D eigenvalue weighted by molar-refractivity contribution is 7.92. The van der Waals surface area contributed by atoms with Crippen molar-refractivity contribution in [1.82, 2.24) is 9.97 Å². The molecule has 2 rings (SSSR count). The van der Waals surface area contributed by atoms with Gasteiger partial charge >= 0.3 is 0 Å². The summed E-state index contributed by atoms with van der Waals surface area (Å²) in [5.41, 5.74) is 1.79. The molecule has 0 aliphatic rings. The molecule has 0 fully saturated rings. The topological polar surface area (TPSA) is 153 Å². The first-order chi connectivity index (χ1) is 9.94. The maximum Gasteiger partial charge on any atom is 0.270 e. The Balaban J connectivity index is 2.48. The van der Waals surface area contributed by atoms with E-state index in [1.165, 1.54) is 24.5 Å². The number of nitrogens with one attached hydrogen (secondary N) is 2. The molecule has 4 N–H and O–H groups in total. The number of non-ortho nitro benzene ring substituents is 1. The van der Waals surface area contributed by atoms with Crippen molar-refractivity contribution in [2.75, 3.05) is 10.1 Å². The first kappa shape index (κ1) is 14.6. The van der Waals surface area contributed by atoms with E-state index in [4.69, 9.17) is 5.84 Å². The van der Waals surface area contributed by atoms with Crippen LogP contribution in [0, 0.1) is 10.1 Å². The van der Waals surface area contributed by atoms with Gasteiger partial charge in [0.1, 0.15) is 4.90 Å². The van der Waals surface area contributed by atoms with Gasteiger partial charge in [0.2, 0.25) is 5.95 Å². The standard InChI is InChI=1S/C10H10N6O4S/c11-14-8-3-2-7(16(17)18)6-9(8)21(19,20)15-10-12-4-1-5-13-10/h1-6,14H,11H2,(H,12,13,15). The summed E-state index contributed by atoms with van der Waals surface area (Å²) in [6.45, 7) is 0. The number of nitro benzene ring substituents is 1. The van der Waals surface area contributed by atoms with Crippen molar-refractivity contribution >= 4 is 27.3 Å². The summed E-state index contributed by atoms with van der Waals surface area (Å²) in [5.74, 6) is 5.06. The fourth-order valence-corrected chi connectivity index (χ4v) is 2.64. The highest BCUT2D eigenvalue weighted by atomic mass is 32.2. The van der Waals surface area contributed by atoms with Crippen molar-refractivity contribution in [3.63, 3.8) is 0 Å². The van der Waals surface area contributed by atoms with Gasteiger partial charge in [0.15, 0.2) is 0 Å². The van der Waals surface area contributed by atoms with Gasteiger partial charge in [-0.15, -0.1) is 0 Å². The lowest BCUT2D eigenvalue weighted by molar-refractivity contribution is -0.385. The Morgan fingerprint density at radius 1 is 1.24 bits per heavy atom. The Bertz CT molecular complexity index is 764. The Labute approximate surface area is 119 Å². The van der Waals surface area contributed by atoms with E-state index in [1.807, 2.05) is 0 Å². The average Bonchev–Trinajstić information content (AvgIpc) is 2.47. The number of nitro groups is 1. The molecule has 0 bridgehead atoms. The van der Waals surface area contributed by atoms with Crippen LogP contribution in [-0.2, 0) is 10.0 Å². The molecule has 0 saturated heterocycles. The maximum atomic E-state index is 12.2. The van der Waals surface area contributed by atoms with Crippen LogP contribution in [0.5, 0.6) is 0 Å².